The smallest absolute Gasteiger partial charge is 0.338 e. The largest absolute Gasteiger partial charge is 0.497 e. The molecule has 36 heavy (non-hydrogen) atoms. The first-order chi connectivity index (χ1) is 17.7. The Morgan fingerprint density at radius 1 is 0.722 bits per heavy atom. The van der Waals surface area contributed by atoms with Crippen molar-refractivity contribution in [1.29, 1.82) is 0 Å². The fraction of sp³-hybridized carbons (Fsp3) is 0.344. The summed E-state index contributed by atoms with van der Waals surface area (Å²) in [7, 11) is 1.62. The molecule has 3 aromatic carbocycles. The van der Waals surface area contributed by atoms with Crippen LogP contribution in [0.15, 0.2) is 85.5 Å². The van der Waals surface area contributed by atoms with Crippen molar-refractivity contribution in [3.05, 3.63) is 96.6 Å². The quantitative estimate of drug-likeness (QED) is 0.116. The van der Waals surface area contributed by atoms with E-state index in [0.717, 1.165) is 47.6 Å². The number of allylic oxidation sites excluding steroid dienone is 1. The van der Waals surface area contributed by atoms with E-state index in [9.17, 15) is 4.79 Å². The molecule has 0 spiro atoms. The summed E-state index contributed by atoms with van der Waals surface area (Å²) in [4.78, 5) is 12.4. The van der Waals surface area contributed by atoms with Gasteiger partial charge in [-0.25, -0.2) is 4.79 Å². The van der Waals surface area contributed by atoms with Crippen LogP contribution in [0.1, 0.15) is 67.3 Å². The van der Waals surface area contributed by atoms with Gasteiger partial charge < -0.3 is 14.2 Å². The zero-order valence-corrected chi connectivity index (χ0v) is 21.4. The second-order valence-electron chi connectivity index (χ2n) is 8.93. The highest BCUT2D eigenvalue weighted by Crippen LogP contribution is 2.23. The maximum atomic E-state index is 12.4. The number of esters is 1. The van der Waals surface area contributed by atoms with Gasteiger partial charge in [-0.3, -0.25) is 0 Å². The lowest BCUT2D eigenvalue weighted by Gasteiger charge is -2.09. The molecular formula is C32H38O4. The molecule has 0 unspecified atom stereocenters. The van der Waals surface area contributed by atoms with Gasteiger partial charge in [0, 0.05) is 0 Å². The summed E-state index contributed by atoms with van der Waals surface area (Å²) in [5.41, 5.74) is 3.57. The van der Waals surface area contributed by atoms with E-state index in [2.05, 4.69) is 18.7 Å². The van der Waals surface area contributed by atoms with E-state index >= 15 is 0 Å². The van der Waals surface area contributed by atoms with E-state index in [0.29, 0.717) is 5.56 Å². The molecule has 0 fully saturated rings. The molecule has 0 bridgehead atoms. The molecule has 4 nitrogen and oxygen atoms in total. The Bertz CT molecular complexity index is 1040. The number of benzene rings is 3. The summed E-state index contributed by atoms with van der Waals surface area (Å²) in [6, 6.07) is 23.1. The van der Waals surface area contributed by atoms with Gasteiger partial charge in [0.15, 0.2) is 0 Å². The zero-order valence-electron chi connectivity index (χ0n) is 21.4. The summed E-state index contributed by atoms with van der Waals surface area (Å²) >= 11 is 0. The van der Waals surface area contributed by atoms with E-state index in [1.165, 1.54) is 38.5 Å². The number of carbonyl (C=O) groups excluding carboxylic acids is 1. The van der Waals surface area contributed by atoms with E-state index in [-0.39, 0.29) is 12.6 Å². The van der Waals surface area contributed by atoms with E-state index < -0.39 is 0 Å². The minimum absolute atomic E-state index is 0.224. The first kappa shape index (κ1) is 27.1. The Morgan fingerprint density at radius 3 is 1.89 bits per heavy atom. The van der Waals surface area contributed by atoms with Crippen molar-refractivity contribution in [3.8, 4) is 22.6 Å². The molecule has 0 saturated carbocycles. The fourth-order valence-electron chi connectivity index (χ4n) is 3.96. The Morgan fingerprint density at radius 2 is 1.28 bits per heavy atom. The number of unbranched alkanes of at least 4 members (excludes halogenated alkanes) is 7. The van der Waals surface area contributed by atoms with Crippen molar-refractivity contribution in [1.82, 2.24) is 0 Å². The van der Waals surface area contributed by atoms with Gasteiger partial charge in [-0.15, -0.1) is 6.58 Å². The predicted molar refractivity (Wildman–Crippen MR) is 147 cm³/mol. The van der Waals surface area contributed by atoms with Gasteiger partial charge in [0.25, 0.3) is 0 Å². The first-order valence-corrected chi connectivity index (χ1v) is 12.9. The summed E-state index contributed by atoms with van der Waals surface area (Å²) in [5.74, 6) is 1.33. The molecule has 0 amide bonds. The van der Waals surface area contributed by atoms with Crippen molar-refractivity contribution in [2.75, 3.05) is 13.7 Å². The third kappa shape index (κ3) is 9.26. The Kier molecular flexibility index (Phi) is 11.6. The third-order valence-corrected chi connectivity index (χ3v) is 6.16. The maximum Gasteiger partial charge on any atom is 0.338 e. The lowest BCUT2D eigenvalue weighted by Crippen LogP contribution is -2.05. The molecule has 0 aromatic heterocycles. The SMILES string of the molecule is C=CCCCCCCCCCOc1ccc(-c2ccc(C(=O)OCc3ccc(OC)cc3)cc2)cc1. The molecule has 0 aliphatic rings. The van der Waals surface area contributed by atoms with Crippen LogP contribution in [0, 0.1) is 0 Å². The molecule has 3 rings (SSSR count). The summed E-state index contributed by atoms with van der Waals surface area (Å²) in [5, 5.41) is 0. The average Bonchev–Trinajstić information content (AvgIpc) is 2.93. The van der Waals surface area contributed by atoms with Gasteiger partial charge in [-0.1, -0.05) is 74.6 Å². The molecule has 0 N–H and O–H groups in total. The monoisotopic (exact) mass is 486 g/mol. The summed E-state index contributed by atoms with van der Waals surface area (Å²) < 4.78 is 16.5. The van der Waals surface area contributed by atoms with Crippen LogP contribution >= 0.6 is 0 Å². The highest BCUT2D eigenvalue weighted by atomic mass is 16.5. The second kappa shape index (κ2) is 15.5. The van der Waals surface area contributed by atoms with Crippen LogP contribution in [-0.4, -0.2) is 19.7 Å². The average molecular weight is 487 g/mol. The second-order valence-corrected chi connectivity index (χ2v) is 8.93. The van der Waals surface area contributed by atoms with E-state index in [1.54, 1.807) is 19.2 Å². The van der Waals surface area contributed by atoms with Gasteiger partial charge >= 0.3 is 5.97 Å². The Balaban J connectivity index is 1.37. The minimum atomic E-state index is -0.339. The fourth-order valence-corrected chi connectivity index (χ4v) is 3.96. The van der Waals surface area contributed by atoms with Crippen LogP contribution < -0.4 is 9.47 Å². The Labute approximate surface area is 215 Å². The van der Waals surface area contributed by atoms with Crippen LogP contribution in [0.4, 0.5) is 0 Å². The Hall–Kier alpha value is -3.53. The first-order valence-electron chi connectivity index (χ1n) is 12.9. The number of carbonyl (C=O) groups is 1. The van der Waals surface area contributed by atoms with Crippen molar-refractivity contribution in [2.45, 2.75) is 58.0 Å². The molecule has 0 heterocycles. The molecule has 0 aliphatic heterocycles. The highest BCUT2D eigenvalue weighted by molar-refractivity contribution is 5.90. The van der Waals surface area contributed by atoms with E-state index in [1.807, 2.05) is 54.6 Å². The molecule has 0 atom stereocenters. The molecule has 0 saturated heterocycles. The number of hydrogen-bond donors (Lipinski definition) is 0. The molecule has 3 aromatic rings. The van der Waals surface area contributed by atoms with Crippen molar-refractivity contribution in [2.24, 2.45) is 0 Å². The van der Waals surface area contributed by atoms with Crippen LogP contribution in [0.5, 0.6) is 11.5 Å². The standard InChI is InChI=1S/C32H38O4/c1-3-4-5-6-7-8-9-10-11-24-35-31-22-18-28(19-23-31)27-14-16-29(17-15-27)32(33)36-25-26-12-20-30(34-2)21-13-26/h3,12-23H,1,4-11,24-25H2,2H3. The lowest BCUT2D eigenvalue weighted by molar-refractivity contribution is 0.0472. The summed E-state index contributed by atoms with van der Waals surface area (Å²) in [6.45, 7) is 4.75. The van der Waals surface area contributed by atoms with Gasteiger partial charge in [0.2, 0.25) is 0 Å². The third-order valence-electron chi connectivity index (χ3n) is 6.16. The van der Waals surface area contributed by atoms with Crippen molar-refractivity contribution >= 4 is 5.97 Å². The van der Waals surface area contributed by atoms with Gasteiger partial charge in [-0.2, -0.15) is 0 Å². The van der Waals surface area contributed by atoms with Crippen LogP contribution in [0.25, 0.3) is 11.1 Å². The number of hydrogen-bond acceptors (Lipinski definition) is 4. The van der Waals surface area contributed by atoms with Gasteiger partial charge in [0.05, 0.1) is 19.3 Å². The van der Waals surface area contributed by atoms with Crippen molar-refractivity contribution in [3.63, 3.8) is 0 Å². The van der Waals surface area contributed by atoms with E-state index in [4.69, 9.17) is 14.2 Å². The molecule has 0 radical (unpaired) electrons. The van der Waals surface area contributed by atoms with Crippen LogP contribution in [0.3, 0.4) is 0 Å². The normalized spacial score (nSPS) is 10.6. The van der Waals surface area contributed by atoms with Gasteiger partial charge in [-0.05, 0) is 72.4 Å². The minimum Gasteiger partial charge on any atom is -0.497 e. The van der Waals surface area contributed by atoms with Crippen molar-refractivity contribution < 1.29 is 19.0 Å². The molecular weight excluding hydrogens is 448 g/mol. The number of methoxy groups -OCH3 is 1. The molecule has 190 valence electrons. The molecule has 0 aliphatic carbocycles. The van der Waals surface area contributed by atoms with Crippen LogP contribution in [0.2, 0.25) is 0 Å². The summed E-state index contributed by atoms with van der Waals surface area (Å²) in [6.07, 6.45) is 11.9. The zero-order chi connectivity index (χ0) is 25.4. The van der Waals surface area contributed by atoms with Gasteiger partial charge in [0.1, 0.15) is 18.1 Å². The highest BCUT2D eigenvalue weighted by Gasteiger charge is 2.08. The topological polar surface area (TPSA) is 44.8 Å². The molecule has 4 heteroatoms. The van der Waals surface area contributed by atoms with Crippen LogP contribution in [-0.2, 0) is 11.3 Å². The lowest BCUT2D eigenvalue weighted by atomic mass is 10.0. The maximum absolute atomic E-state index is 12.4. The predicted octanol–water partition coefficient (Wildman–Crippen LogP) is 8.40. The number of rotatable bonds is 16. The number of ether oxygens (including phenoxy) is 3.